The van der Waals surface area contributed by atoms with Gasteiger partial charge in [-0.15, -0.1) is 0 Å². The minimum absolute atomic E-state index is 0.0714. The Bertz CT molecular complexity index is 507. The average molecular weight is 275 g/mol. The van der Waals surface area contributed by atoms with Gasteiger partial charge in [-0.2, -0.15) is 0 Å². The Balaban J connectivity index is 2.13. The normalized spacial score (nSPS) is 20.5. The summed E-state index contributed by atoms with van der Waals surface area (Å²) in [7, 11) is 0. The molecule has 0 radical (unpaired) electrons. The number of carbonyl (C=O) groups excluding carboxylic acids is 1. The third-order valence-corrected chi connectivity index (χ3v) is 4.06. The molecule has 0 saturated carbocycles. The van der Waals surface area contributed by atoms with Gasteiger partial charge in [-0.25, -0.2) is 0 Å². The minimum atomic E-state index is -0.886. The number of benzene rings is 1. The first-order chi connectivity index (χ1) is 9.40. The number of hydrogen-bond acceptors (Lipinski definition) is 2. The van der Waals surface area contributed by atoms with Crippen LogP contribution in [0.25, 0.3) is 0 Å². The number of aliphatic carboxylic acids is 1. The van der Waals surface area contributed by atoms with Gasteiger partial charge in [-0.05, 0) is 24.0 Å². The average Bonchev–Trinajstić information content (AvgIpc) is 2.80. The maximum Gasteiger partial charge on any atom is 0.308 e. The number of hydrogen-bond donors (Lipinski definition) is 1. The number of carboxylic acid groups (broad SMARTS) is 1. The summed E-state index contributed by atoms with van der Waals surface area (Å²) in [6.07, 6.45) is 0.115. The molecule has 0 spiro atoms. The zero-order valence-corrected chi connectivity index (χ0v) is 12.2. The smallest absolute Gasteiger partial charge is 0.308 e. The van der Waals surface area contributed by atoms with Crippen molar-refractivity contribution < 1.29 is 14.7 Å². The summed E-state index contributed by atoms with van der Waals surface area (Å²) in [6.45, 7) is 6.54. The second kappa shape index (κ2) is 5.65. The van der Waals surface area contributed by atoms with Gasteiger partial charge in [-0.3, -0.25) is 9.59 Å². The summed E-state index contributed by atoms with van der Waals surface area (Å²) in [5, 5.41) is 9.02. The van der Waals surface area contributed by atoms with Gasteiger partial charge in [0, 0.05) is 13.0 Å². The van der Waals surface area contributed by atoms with Crippen LogP contribution in [0, 0.1) is 5.92 Å². The molecule has 1 aliphatic heterocycles. The molecular formula is C16H21NO3. The molecule has 1 heterocycles. The topological polar surface area (TPSA) is 57.6 Å². The number of rotatable bonds is 4. The highest BCUT2D eigenvalue weighted by molar-refractivity contribution is 5.86. The Kier molecular flexibility index (Phi) is 4.12. The standard InChI is InChI=1S/C16H21NO3/c1-10(2)12-4-6-13(7-5-12)11(3)17-9-14(16(19)20)8-15(17)18/h4-7,10-11,14H,8-9H2,1-3H3,(H,19,20). The molecule has 4 heteroatoms. The third-order valence-electron chi connectivity index (χ3n) is 4.06. The summed E-state index contributed by atoms with van der Waals surface area (Å²) >= 11 is 0. The fourth-order valence-corrected chi connectivity index (χ4v) is 2.61. The summed E-state index contributed by atoms with van der Waals surface area (Å²) in [5.74, 6) is -1.05. The first-order valence-corrected chi connectivity index (χ1v) is 7.02. The van der Waals surface area contributed by atoms with E-state index in [1.54, 1.807) is 4.90 Å². The van der Waals surface area contributed by atoms with Crippen LogP contribution in [0.4, 0.5) is 0 Å². The predicted molar refractivity (Wildman–Crippen MR) is 76.4 cm³/mol. The SMILES string of the molecule is CC(C)c1ccc(C(C)N2CC(C(=O)O)CC2=O)cc1. The molecule has 2 rings (SSSR count). The Morgan fingerprint density at radius 3 is 2.20 bits per heavy atom. The molecule has 1 aromatic rings. The molecule has 1 aromatic carbocycles. The van der Waals surface area contributed by atoms with Gasteiger partial charge in [0.05, 0.1) is 12.0 Å². The number of carbonyl (C=O) groups is 2. The minimum Gasteiger partial charge on any atom is -0.481 e. The number of carboxylic acids is 1. The predicted octanol–water partition coefficient (Wildman–Crippen LogP) is 2.80. The maximum atomic E-state index is 11.9. The summed E-state index contributed by atoms with van der Waals surface area (Å²) in [6, 6.07) is 8.13. The fourth-order valence-electron chi connectivity index (χ4n) is 2.61. The lowest BCUT2D eigenvalue weighted by molar-refractivity contribution is -0.141. The van der Waals surface area contributed by atoms with E-state index in [-0.39, 0.29) is 18.4 Å². The highest BCUT2D eigenvalue weighted by atomic mass is 16.4. The lowest BCUT2D eigenvalue weighted by Crippen LogP contribution is -2.29. The van der Waals surface area contributed by atoms with Crippen LogP contribution < -0.4 is 0 Å². The van der Waals surface area contributed by atoms with E-state index in [1.807, 2.05) is 19.1 Å². The summed E-state index contributed by atoms with van der Waals surface area (Å²) < 4.78 is 0. The summed E-state index contributed by atoms with van der Waals surface area (Å²) in [5.41, 5.74) is 2.31. The van der Waals surface area contributed by atoms with Gasteiger partial charge >= 0.3 is 5.97 Å². The van der Waals surface area contributed by atoms with E-state index >= 15 is 0 Å². The van der Waals surface area contributed by atoms with E-state index in [4.69, 9.17) is 5.11 Å². The van der Waals surface area contributed by atoms with Crippen LogP contribution in [-0.2, 0) is 9.59 Å². The first-order valence-electron chi connectivity index (χ1n) is 7.02. The van der Waals surface area contributed by atoms with Gasteiger partial charge in [0.25, 0.3) is 0 Å². The van der Waals surface area contributed by atoms with E-state index in [0.29, 0.717) is 12.5 Å². The maximum absolute atomic E-state index is 11.9. The quantitative estimate of drug-likeness (QED) is 0.919. The summed E-state index contributed by atoms with van der Waals surface area (Å²) in [4.78, 5) is 24.6. The van der Waals surface area contributed by atoms with Crippen molar-refractivity contribution in [3.63, 3.8) is 0 Å². The molecule has 1 N–H and O–H groups in total. The number of likely N-dealkylation sites (tertiary alicyclic amines) is 1. The van der Waals surface area contributed by atoms with Crippen LogP contribution in [0.1, 0.15) is 50.3 Å². The van der Waals surface area contributed by atoms with Crippen LogP contribution in [0.15, 0.2) is 24.3 Å². The second-order valence-corrected chi connectivity index (χ2v) is 5.78. The number of amides is 1. The Morgan fingerprint density at radius 1 is 1.20 bits per heavy atom. The van der Waals surface area contributed by atoms with E-state index in [0.717, 1.165) is 5.56 Å². The molecule has 1 amide bonds. The Hall–Kier alpha value is -1.84. The fraction of sp³-hybridized carbons (Fsp3) is 0.500. The third kappa shape index (κ3) is 2.84. The van der Waals surface area contributed by atoms with Crippen LogP contribution >= 0.6 is 0 Å². The van der Waals surface area contributed by atoms with E-state index in [9.17, 15) is 9.59 Å². The molecule has 4 nitrogen and oxygen atoms in total. The van der Waals surface area contributed by atoms with Crippen molar-refractivity contribution in [3.05, 3.63) is 35.4 Å². The highest BCUT2D eigenvalue weighted by Crippen LogP contribution is 2.29. The molecule has 0 aromatic heterocycles. The highest BCUT2D eigenvalue weighted by Gasteiger charge is 2.36. The lowest BCUT2D eigenvalue weighted by Gasteiger charge is -2.25. The van der Waals surface area contributed by atoms with Crippen LogP contribution in [0.5, 0.6) is 0 Å². The second-order valence-electron chi connectivity index (χ2n) is 5.78. The van der Waals surface area contributed by atoms with Gasteiger partial charge in [0.1, 0.15) is 0 Å². The van der Waals surface area contributed by atoms with Crippen molar-refractivity contribution >= 4 is 11.9 Å². The molecule has 0 aliphatic carbocycles. The van der Waals surface area contributed by atoms with Crippen LogP contribution in [-0.4, -0.2) is 28.4 Å². The van der Waals surface area contributed by atoms with Crippen molar-refractivity contribution in [1.29, 1.82) is 0 Å². The molecule has 0 bridgehead atoms. The Morgan fingerprint density at radius 2 is 1.75 bits per heavy atom. The molecule has 1 fully saturated rings. The molecule has 1 aliphatic rings. The van der Waals surface area contributed by atoms with E-state index in [2.05, 4.69) is 26.0 Å². The molecular weight excluding hydrogens is 254 g/mol. The molecule has 20 heavy (non-hydrogen) atoms. The van der Waals surface area contributed by atoms with Crippen molar-refractivity contribution in [3.8, 4) is 0 Å². The number of nitrogens with zero attached hydrogens (tertiary/aromatic N) is 1. The van der Waals surface area contributed by atoms with Gasteiger partial charge in [0.2, 0.25) is 5.91 Å². The first kappa shape index (κ1) is 14.6. The molecule has 2 unspecified atom stereocenters. The monoisotopic (exact) mass is 275 g/mol. The van der Waals surface area contributed by atoms with Gasteiger partial charge in [0.15, 0.2) is 0 Å². The molecule has 108 valence electrons. The lowest BCUT2D eigenvalue weighted by atomic mass is 9.99. The molecule has 2 atom stereocenters. The zero-order chi connectivity index (χ0) is 14.9. The van der Waals surface area contributed by atoms with Crippen molar-refractivity contribution in [2.75, 3.05) is 6.54 Å². The van der Waals surface area contributed by atoms with Crippen molar-refractivity contribution in [1.82, 2.24) is 4.90 Å². The Labute approximate surface area is 119 Å². The largest absolute Gasteiger partial charge is 0.481 e. The van der Waals surface area contributed by atoms with E-state index in [1.165, 1.54) is 5.56 Å². The van der Waals surface area contributed by atoms with Gasteiger partial charge in [-0.1, -0.05) is 38.1 Å². The van der Waals surface area contributed by atoms with Crippen molar-refractivity contribution in [2.45, 2.75) is 39.2 Å². The van der Waals surface area contributed by atoms with Crippen molar-refractivity contribution in [2.24, 2.45) is 5.92 Å². The molecule has 1 saturated heterocycles. The zero-order valence-electron chi connectivity index (χ0n) is 12.2. The van der Waals surface area contributed by atoms with Gasteiger partial charge < -0.3 is 10.0 Å². The van der Waals surface area contributed by atoms with Crippen LogP contribution in [0.2, 0.25) is 0 Å². The van der Waals surface area contributed by atoms with E-state index < -0.39 is 11.9 Å². The van der Waals surface area contributed by atoms with Crippen LogP contribution in [0.3, 0.4) is 0 Å².